The second-order valence-corrected chi connectivity index (χ2v) is 6.58. The minimum Gasteiger partial charge on any atom is -0.388 e. The first-order chi connectivity index (χ1) is 12.7. The van der Waals surface area contributed by atoms with Crippen molar-refractivity contribution in [1.29, 1.82) is 5.26 Å². The Kier molecular flexibility index (Phi) is 6.01. The molecule has 1 aromatic heterocycles. The number of aliphatic hydroxyl groups is 1. The van der Waals surface area contributed by atoms with Gasteiger partial charge in [-0.3, -0.25) is 0 Å². The summed E-state index contributed by atoms with van der Waals surface area (Å²) in [4.78, 5) is 4.61. The Hall–Kier alpha value is -2.67. The molecule has 0 bridgehead atoms. The number of aliphatic hydroxyl groups excluding tert-OH is 1. The number of pyridine rings is 1. The van der Waals surface area contributed by atoms with E-state index in [0.29, 0.717) is 24.3 Å². The van der Waals surface area contributed by atoms with Crippen LogP contribution in [0.4, 0.5) is 0 Å². The number of fused-ring (bicyclic) bond motifs is 1. The van der Waals surface area contributed by atoms with E-state index >= 15 is 0 Å². The molecule has 0 aliphatic heterocycles. The van der Waals surface area contributed by atoms with E-state index in [0.717, 1.165) is 27.7 Å². The van der Waals surface area contributed by atoms with E-state index in [9.17, 15) is 5.11 Å². The summed E-state index contributed by atoms with van der Waals surface area (Å²) in [6.45, 7) is 0. The molecule has 0 saturated heterocycles. The van der Waals surface area contributed by atoms with Gasteiger partial charge in [0.05, 0.1) is 23.4 Å². The van der Waals surface area contributed by atoms with Gasteiger partial charge in [-0.1, -0.05) is 48.0 Å². The maximum absolute atomic E-state index is 10.2. The third kappa shape index (κ3) is 4.70. The molecule has 1 heterocycles. The van der Waals surface area contributed by atoms with E-state index in [1.54, 1.807) is 0 Å². The molecule has 26 heavy (non-hydrogen) atoms. The summed E-state index contributed by atoms with van der Waals surface area (Å²) in [6.07, 6.45) is 5.13. The van der Waals surface area contributed by atoms with Crippen LogP contribution in [-0.2, 0) is 0 Å². The van der Waals surface area contributed by atoms with Crippen LogP contribution in [0.5, 0.6) is 0 Å². The predicted octanol–water partition coefficient (Wildman–Crippen LogP) is 5.79. The molecular formula is C22H19ClN2O. The topological polar surface area (TPSA) is 56.9 Å². The highest BCUT2D eigenvalue weighted by Crippen LogP contribution is 2.22. The third-order valence-corrected chi connectivity index (χ3v) is 4.42. The molecule has 0 saturated carbocycles. The van der Waals surface area contributed by atoms with Crippen molar-refractivity contribution in [2.24, 2.45) is 0 Å². The standard InChI is InChI=1S/C22H19ClN2O/c23-19-10-8-17-9-12-20(25-21(17)15-19)11-7-16-4-3-5-18(14-16)22(26)6-1-2-13-24/h3-5,7-12,14-15,22,26H,1-2,6H2/b11-7+. The van der Waals surface area contributed by atoms with Crippen molar-refractivity contribution in [3.63, 3.8) is 0 Å². The number of aromatic nitrogens is 1. The smallest absolute Gasteiger partial charge is 0.0790 e. The zero-order valence-electron chi connectivity index (χ0n) is 14.3. The third-order valence-electron chi connectivity index (χ3n) is 4.18. The summed E-state index contributed by atoms with van der Waals surface area (Å²) >= 11 is 6.04. The average molecular weight is 363 g/mol. The minimum absolute atomic E-state index is 0.467. The van der Waals surface area contributed by atoms with Gasteiger partial charge in [0, 0.05) is 16.8 Å². The van der Waals surface area contributed by atoms with E-state index in [1.165, 1.54) is 0 Å². The molecule has 2 aromatic carbocycles. The van der Waals surface area contributed by atoms with E-state index in [-0.39, 0.29) is 0 Å². The largest absolute Gasteiger partial charge is 0.388 e. The van der Waals surface area contributed by atoms with Crippen molar-refractivity contribution in [2.75, 3.05) is 0 Å². The van der Waals surface area contributed by atoms with Crippen LogP contribution in [-0.4, -0.2) is 10.1 Å². The average Bonchev–Trinajstić information content (AvgIpc) is 2.66. The number of benzene rings is 2. The van der Waals surface area contributed by atoms with Crippen LogP contribution in [0.3, 0.4) is 0 Å². The van der Waals surface area contributed by atoms with Crippen LogP contribution in [0.2, 0.25) is 5.02 Å². The van der Waals surface area contributed by atoms with Crippen molar-refractivity contribution in [1.82, 2.24) is 4.98 Å². The molecule has 1 atom stereocenters. The first kappa shape index (κ1) is 18.1. The van der Waals surface area contributed by atoms with Gasteiger partial charge in [-0.15, -0.1) is 0 Å². The van der Waals surface area contributed by atoms with E-state index in [2.05, 4.69) is 11.1 Å². The SMILES string of the molecule is N#CCCCC(O)c1cccc(/C=C/c2ccc3ccc(Cl)cc3n2)c1. The molecule has 1 unspecified atom stereocenters. The Bertz CT molecular complexity index is 975. The van der Waals surface area contributed by atoms with Gasteiger partial charge < -0.3 is 5.11 Å². The van der Waals surface area contributed by atoms with Crippen LogP contribution in [0.15, 0.2) is 54.6 Å². The highest BCUT2D eigenvalue weighted by molar-refractivity contribution is 6.31. The van der Waals surface area contributed by atoms with Crippen molar-refractivity contribution in [3.8, 4) is 6.07 Å². The van der Waals surface area contributed by atoms with Gasteiger partial charge >= 0.3 is 0 Å². The monoisotopic (exact) mass is 362 g/mol. The summed E-state index contributed by atoms with van der Waals surface area (Å²) < 4.78 is 0. The van der Waals surface area contributed by atoms with Gasteiger partial charge in [0.25, 0.3) is 0 Å². The normalized spacial score (nSPS) is 12.3. The molecule has 0 fully saturated rings. The highest BCUT2D eigenvalue weighted by Gasteiger charge is 2.07. The van der Waals surface area contributed by atoms with Gasteiger partial charge in [0.15, 0.2) is 0 Å². The summed E-state index contributed by atoms with van der Waals surface area (Å²) in [5.41, 5.74) is 3.57. The van der Waals surface area contributed by atoms with E-state index in [1.807, 2.05) is 66.7 Å². The maximum Gasteiger partial charge on any atom is 0.0790 e. The summed E-state index contributed by atoms with van der Waals surface area (Å²) in [5, 5.41) is 20.6. The Morgan fingerprint density at radius 2 is 1.96 bits per heavy atom. The van der Waals surface area contributed by atoms with Crippen molar-refractivity contribution < 1.29 is 5.11 Å². The molecular weight excluding hydrogens is 344 g/mol. The molecule has 0 radical (unpaired) electrons. The summed E-state index contributed by atoms with van der Waals surface area (Å²) in [5.74, 6) is 0. The van der Waals surface area contributed by atoms with Gasteiger partial charge in [-0.2, -0.15) is 5.26 Å². The Morgan fingerprint density at radius 1 is 1.12 bits per heavy atom. The van der Waals surface area contributed by atoms with Crippen LogP contribution >= 0.6 is 11.6 Å². The molecule has 3 aromatic rings. The number of nitrogens with zero attached hydrogens (tertiary/aromatic N) is 2. The van der Waals surface area contributed by atoms with Crippen LogP contribution in [0, 0.1) is 11.3 Å². The molecule has 0 aliphatic carbocycles. The second-order valence-electron chi connectivity index (χ2n) is 6.14. The number of nitriles is 1. The fourth-order valence-electron chi connectivity index (χ4n) is 2.79. The summed E-state index contributed by atoms with van der Waals surface area (Å²) in [7, 11) is 0. The molecule has 0 amide bonds. The molecule has 3 rings (SSSR count). The lowest BCUT2D eigenvalue weighted by Gasteiger charge is -2.10. The molecule has 0 spiro atoms. The zero-order chi connectivity index (χ0) is 18.4. The van der Waals surface area contributed by atoms with E-state index in [4.69, 9.17) is 16.9 Å². The fourth-order valence-corrected chi connectivity index (χ4v) is 2.96. The van der Waals surface area contributed by atoms with Crippen molar-refractivity contribution in [2.45, 2.75) is 25.4 Å². The van der Waals surface area contributed by atoms with E-state index < -0.39 is 6.10 Å². The number of unbranched alkanes of at least 4 members (excludes halogenated alkanes) is 1. The van der Waals surface area contributed by atoms with Crippen molar-refractivity contribution in [3.05, 3.63) is 76.4 Å². The Balaban J connectivity index is 1.76. The predicted molar refractivity (Wildman–Crippen MR) is 107 cm³/mol. The molecule has 130 valence electrons. The second kappa shape index (κ2) is 8.62. The molecule has 4 heteroatoms. The lowest BCUT2D eigenvalue weighted by molar-refractivity contribution is 0.165. The first-order valence-electron chi connectivity index (χ1n) is 8.55. The number of hydrogen-bond donors (Lipinski definition) is 1. The first-order valence-corrected chi connectivity index (χ1v) is 8.93. The van der Waals surface area contributed by atoms with Gasteiger partial charge in [-0.25, -0.2) is 4.98 Å². The molecule has 3 nitrogen and oxygen atoms in total. The number of hydrogen-bond acceptors (Lipinski definition) is 3. The van der Waals surface area contributed by atoms with Crippen LogP contribution < -0.4 is 0 Å². The van der Waals surface area contributed by atoms with Crippen molar-refractivity contribution >= 4 is 34.7 Å². The number of halogens is 1. The van der Waals surface area contributed by atoms with Gasteiger partial charge in [0.1, 0.15) is 0 Å². The maximum atomic E-state index is 10.2. The van der Waals surface area contributed by atoms with Gasteiger partial charge in [0.2, 0.25) is 0 Å². The lowest BCUT2D eigenvalue weighted by Crippen LogP contribution is -1.97. The Morgan fingerprint density at radius 3 is 2.81 bits per heavy atom. The quantitative estimate of drug-likeness (QED) is 0.565. The molecule has 0 aliphatic rings. The van der Waals surface area contributed by atoms with Crippen LogP contribution in [0.1, 0.15) is 42.2 Å². The number of rotatable bonds is 6. The minimum atomic E-state index is -0.544. The fraction of sp³-hybridized carbons (Fsp3) is 0.182. The Labute approximate surface area is 158 Å². The highest BCUT2D eigenvalue weighted by atomic mass is 35.5. The van der Waals surface area contributed by atoms with Crippen LogP contribution in [0.25, 0.3) is 23.1 Å². The van der Waals surface area contributed by atoms with Gasteiger partial charge in [-0.05, 0) is 54.3 Å². The zero-order valence-corrected chi connectivity index (χ0v) is 15.0. The molecule has 1 N–H and O–H groups in total. The lowest BCUT2D eigenvalue weighted by atomic mass is 10.0. The summed E-state index contributed by atoms with van der Waals surface area (Å²) in [6, 6.07) is 19.5.